The Balaban J connectivity index is 1.71. The highest BCUT2D eigenvalue weighted by atomic mass is 16.5. The van der Waals surface area contributed by atoms with E-state index in [-0.39, 0.29) is 12.4 Å². The van der Waals surface area contributed by atoms with Gasteiger partial charge in [-0.15, -0.1) is 0 Å². The fraction of sp³-hybridized carbons (Fsp3) is 0.409. The zero-order chi connectivity index (χ0) is 18.8. The fourth-order valence-electron chi connectivity index (χ4n) is 2.73. The Morgan fingerprint density at radius 1 is 1.04 bits per heavy atom. The molecule has 140 valence electrons. The van der Waals surface area contributed by atoms with Gasteiger partial charge in [0.1, 0.15) is 5.75 Å². The smallest absolute Gasteiger partial charge is 0.309 e. The van der Waals surface area contributed by atoms with Gasteiger partial charge in [0, 0.05) is 19.0 Å². The largest absolute Gasteiger partial charge is 0.493 e. The van der Waals surface area contributed by atoms with Crippen molar-refractivity contribution in [2.24, 2.45) is 5.92 Å². The molecule has 26 heavy (non-hydrogen) atoms. The molecule has 0 radical (unpaired) electrons. The number of benzene rings is 2. The zero-order valence-electron chi connectivity index (χ0n) is 15.9. The van der Waals surface area contributed by atoms with Gasteiger partial charge in [-0.3, -0.25) is 4.79 Å². The molecule has 0 bridgehead atoms. The fourth-order valence-corrected chi connectivity index (χ4v) is 2.73. The zero-order valence-corrected chi connectivity index (χ0v) is 15.9. The number of carbonyl (C=O) groups excluding carboxylic acids is 1. The van der Waals surface area contributed by atoms with Gasteiger partial charge < -0.3 is 14.8 Å². The van der Waals surface area contributed by atoms with Crippen molar-refractivity contribution in [3.05, 3.63) is 65.7 Å². The average molecular weight is 355 g/mol. The molecular formula is C22H29NO3. The molecule has 0 aliphatic carbocycles. The van der Waals surface area contributed by atoms with Crippen LogP contribution >= 0.6 is 0 Å². The van der Waals surface area contributed by atoms with E-state index in [4.69, 9.17) is 9.47 Å². The molecule has 1 N–H and O–H groups in total. The van der Waals surface area contributed by atoms with Gasteiger partial charge in [-0.05, 0) is 29.2 Å². The number of esters is 1. The summed E-state index contributed by atoms with van der Waals surface area (Å²) < 4.78 is 10.6. The molecule has 4 heteroatoms. The summed E-state index contributed by atoms with van der Waals surface area (Å²) in [7, 11) is 1.40. The first-order valence-corrected chi connectivity index (χ1v) is 9.12. The van der Waals surface area contributed by atoms with Crippen molar-refractivity contribution in [3.63, 3.8) is 0 Å². The minimum atomic E-state index is -0.243. The summed E-state index contributed by atoms with van der Waals surface area (Å²) >= 11 is 0. The quantitative estimate of drug-likeness (QED) is 0.659. The van der Waals surface area contributed by atoms with Gasteiger partial charge in [-0.25, -0.2) is 0 Å². The maximum atomic E-state index is 11.4. The third-order valence-electron chi connectivity index (χ3n) is 4.32. The molecule has 0 heterocycles. The number of carbonyl (C=O) groups is 1. The summed E-state index contributed by atoms with van der Waals surface area (Å²) in [5.41, 5.74) is 2.25. The molecule has 0 aromatic heterocycles. The van der Waals surface area contributed by atoms with Crippen molar-refractivity contribution in [2.45, 2.75) is 26.2 Å². The summed E-state index contributed by atoms with van der Waals surface area (Å²) in [5, 5.41) is 3.52. The van der Waals surface area contributed by atoms with Gasteiger partial charge in [0.25, 0.3) is 0 Å². The number of hydrogen-bond acceptors (Lipinski definition) is 4. The molecule has 2 rings (SSSR count). The lowest BCUT2D eigenvalue weighted by molar-refractivity contribution is -0.139. The van der Waals surface area contributed by atoms with E-state index in [1.54, 1.807) is 0 Å². The maximum Gasteiger partial charge on any atom is 0.309 e. The molecule has 0 aliphatic heterocycles. The first kappa shape index (κ1) is 20.0. The van der Waals surface area contributed by atoms with E-state index in [0.29, 0.717) is 18.4 Å². The lowest BCUT2D eigenvalue weighted by Crippen LogP contribution is -2.28. The lowest BCUT2D eigenvalue weighted by atomic mass is 10.0. The van der Waals surface area contributed by atoms with E-state index in [1.165, 1.54) is 12.7 Å². The molecule has 0 saturated carbocycles. The SMILES string of the molecule is COC(=O)Cc1cccc(OC[C@H](C)CNC[C@H](C)c2ccccc2)c1. The second kappa shape index (κ2) is 10.6. The number of nitrogens with one attached hydrogen (secondary N) is 1. The summed E-state index contributed by atoms with van der Waals surface area (Å²) in [6.45, 7) is 6.88. The first-order chi connectivity index (χ1) is 12.6. The van der Waals surface area contributed by atoms with Crippen molar-refractivity contribution in [1.82, 2.24) is 5.32 Å². The van der Waals surface area contributed by atoms with E-state index in [2.05, 4.69) is 43.4 Å². The molecule has 0 spiro atoms. The average Bonchev–Trinajstić information content (AvgIpc) is 2.67. The van der Waals surface area contributed by atoms with Crippen molar-refractivity contribution in [3.8, 4) is 5.75 Å². The predicted octanol–water partition coefficient (Wildman–Crippen LogP) is 3.81. The molecule has 0 unspecified atom stereocenters. The molecule has 2 atom stereocenters. The van der Waals surface area contributed by atoms with E-state index in [0.717, 1.165) is 24.4 Å². The summed E-state index contributed by atoms with van der Waals surface area (Å²) in [4.78, 5) is 11.4. The Hall–Kier alpha value is -2.33. The van der Waals surface area contributed by atoms with Crippen LogP contribution in [-0.2, 0) is 16.0 Å². The van der Waals surface area contributed by atoms with Gasteiger partial charge in [0.2, 0.25) is 0 Å². The highest BCUT2D eigenvalue weighted by molar-refractivity contribution is 5.72. The van der Waals surface area contributed by atoms with Crippen LogP contribution < -0.4 is 10.1 Å². The molecular weight excluding hydrogens is 326 g/mol. The Morgan fingerprint density at radius 3 is 2.54 bits per heavy atom. The van der Waals surface area contributed by atoms with Crippen LogP contribution in [0.25, 0.3) is 0 Å². The van der Waals surface area contributed by atoms with Crippen LogP contribution in [0.15, 0.2) is 54.6 Å². The van der Waals surface area contributed by atoms with Crippen molar-refractivity contribution in [2.75, 3.05) is 26.8 Å². The highest BCUT2D eigenvalue weighted by Crippen LogP contribution is 2.16. The van der Waals surface area contributed by atoms with Crippen LogP contribution in [0.1, 0.15) is 30.9 Å². The topological polar surface area (TPSA) is 47.6 Å². The van der Waals surface area contributed by atoms with Crippen LogP contribution in [-0.4, -0.2) is 32.8 Å². The Morgan fingerprint density at radius 2 is 1.81 bits per heavy atom. The van der Waals surface area contributed by atoms with E-state index < -0.39 is 0 Å². The number of methoxy groups -OCH3 is 1. The molecule has 0 aliphatic rings. The van der Waals surface area contributed by atoms with Crippen LogP contribution in [0, 0.1) is 5.92 Å². The number of ether oxygens (including phenoxy) is 2. The molecule has 2 aromatic carbocycles. The number of rotatable bonds is 10. The molecule has 2 aromatic rings. The van der Waals surface area contributed by atoms with Gasteiger partial charge in [0.05, 0.1) is 20.1 Å². The second-order valence-corrected chi connectivity index (χ2v) is 6.79. The molecule has 0 fully saturated rings. The second-order valence-electron chi connectivity index (χ2n) is 6.79. The van der Waals surface area contributed by atoms with E-state index >= 15 is 0 Å². The standard InChI is InChI=1S/C22H29NO3/c1-17(14-23-15-18(2)20-9-5-4-6-10-20)16-26-21-11-7-8-19(12-21)13-22(24)25-3/h4-12,17-18,23H,13-16H2,1-3H3/t17-,18+/m1/s1. The third-order valence-corrected chi connectivity index (χ3v) is 4.32. The monoisotopic (exact) mass is 355 g/mol. The van der Waals surface area contributed by atoms with Gasteiger partial charge >= 0.3 is 5.97 Å². The van der Waals surface area contributed by atoms with Crippen molar-refractivity contribution < 1.29 is 14.3 Å². The molecule has 0 saturated heterocycles. The first-order valence-electron chi connectivity index (χ1n) is 9.12. The molecule has 4 nitrogen and oxygen atoms in total. The van der Waals surface area contributed by atoms with Crippen LogP contribution in [0.3, 0.4) is 0 Å². The van der Waals surface area contributed by atoms with E-state index in [1.807, 2.05) is 30.3 Å². The van der Waals surface area contributed by atoms with Gasteiger partial charge in [-0.2, -0.15) is 0 Å². The maximum absolute atomic E-state index is 11.4. The van der Waals surface area contributed by atoms with Gasteiger partial charge in [-0.1, -0.05) is 56.3 Å². The van der Waals surface area contributed by atoms with Crippen LogP contribution in [0.4, 0.5) is 0 Å². The van der Waals surface area contributed by atoms with Crippen molar-refractivity contribution >= 4 is 5.97 Å². The summed E-state index contributed by atoms with van der Waals surface area (Å²) in [5.74, 6) is 1.42. The van der Waals surface area contributed by atoms with Crippen molar-refractivity contribution in [1.29, 1.82) is 0 Å². The minimum absolute atomic E-state index is 0.243. The Bertz CT molecular complexity index is 672. The third kappa shape index (κ3) is 6.89. The Kier molecular flexibility index (Phi) is 8.16. The predicted molar refractivity (Wildman–Crippen MR) is 105 cm³/mol. The van der Waals surface area contributed by atoms with Gasteiger partial charge in [0.15, 0.2) is 0 Å². The van der Waals surface area contributed by atoms with Crippen LogP contribution in [0.2, 0.25) is 0 Å². The Labute approximate surface area is 156 Å². The molecule has 0 amide bonds. The lowest BCUT2D eigenvalue weighted by Gasteiger charge is -2.17. The minimum Gasteiger partial charge on any atom is -0.493 e. The normalized spacial score (nSPS) is 13.0. The van der Waals surface area contributed by atoms with E-state index in [9.17, 15) is 4.79 Å². The summed E-state index contributed by atoms with van der Waals surface area (Å²) in [6.07, 6.45) is 0.266. The summed E-state index contributed by atoms with van der Waals surface area (Å²) in [6, 6.07) is 18.2. The highest BCUT2D eigenvalue weighted by Gasteiger charge is 2.08. The number of hydrogen-bond donors (Lipinski definition) is 1. The van der Waals surface area contributed by atoms with Crippen LogP contribution in [0.5, 0.6) is 5.75 Å².